The fraction of sp³-hybridized carbons (Fsp3) is 0.923. The van der Waals surface area contributed by atoms with Gasteiger partial charge in [0.25, 0.3) is 0 Å². The highest BCUT2D eigenvalue weighted by Crippen LogP contribution is 2.26. The minimum Gasteiger partial charge on any atom is -0.462 e. The van der Waals surface area contributed by atoms with Gasteiger partial charge in [0.2, 0.25) is 0 Å². The van der Waals surface area contributed by atoms with E-state index in [4.69, 9.17) is 4.74 Å². The molecule has 3 heteroatoms. The van der Waals surface area contributed by atoms with Crippen molar-refractivity contribution in [2.75, 3.05) is 4.93 Å². The zero-order valence-corrected chi connectivity index (χ0v) is 13.2. The molecule has 1 saturated carbocycles. The van der Waals surface area contributed by atoms with Crippen LogP contribution in [-0.2, 0) is 9.53 Å². The molecule has 0 spiro atoms. The number of hydrogen-bond donors (Lipinski definition) is 0. The van der Waals surface area contributed by atoms with Gasteiger partial charge < -0.3 is 4.74 Å². The van der Waals surface area contributed by atoms with E-state index in [1.807, 2.05) is 25.7 Å². The molecule has 0 saturated heterocycles. The van der Waals surface area contributed by atoms with E-state index in [1.54, 1.807) is 0 Å². The van der Waals surface area contributed by atoms with Gasteiger partial charge in [-0.1, -0.05) is 35.9 Å². The minimum atomic E-state index is -0.308. The van der Waals surface area contributed by atoms with Crippen molar-refractivity contribution in [2.45, 2.75) is 65.4 Å². The van der Waals surface area contributed by atoms with Crippen LogP contribution in [0.5, 0.6) is 0 Å². The van der Waals surface area contributed by atoms with Crippen LogP contribution < -0.4 is 0 Å². The summed E-state index contributed by atoms with van der Waals surface area (Å²) in [7, 11) is 0. The largest absolute Gasteiger partial charge is 0.462 e. The average Bonchev–Trinajstić information content (AvgIpc) is 2.33. The van der Waals surface area contributed by atoms with E-state index in [9.17, 15) is 4.79 Å². The first-order valence-corrected chi connectivity index (χ1v) is 8.31. The van der Waals surface area contributed by atoms with E-state index < -0.39 is 0 Å². The van der Waals surface area contributed by atoms with Crippen LogP contribution in [0.3, 0.4) is 0 Å². The maximum atomic E-state index is 11.7. The molecule has 0 aliphatic heterocycles. The Hall–Kier alpha value is 0.200. The molecule has 0 aromatic carbocycles. The van der Waals surface area contributed by atoms with Crippen molar-refractivity contribution >= 4 is 28.6 Å². The van der Waals surface area contributed by atoms with Crippen LogP contribution in [0.1, 0.15) is 59.3 Å². The predicted octanol–water partition coefficient (Wildman–Crippen LogP) is 4.35. The summed E-state index contributed by atoms with van der Waals surface area (Å²) in [6, 6.07) is 0. The summed E-state index contributed by atoms with van der Waals surface area (Å²) in [6.07, 6.45) is 6.89. The predicted molar refractivity (Wildman–Crippen MR) is 77.0 cm³/mol. The number of alkyl halides is 1. The molecule has 0 unspecified atom stereocenters. The molecule has 2 nitrogen and oxygen atoms in total. The second kappa shape index (κ2) is 8.31. The van der Waals surface area contributed by atoms with Gasteiger partial charge in [0.05, 0.1) is 5.41 Å². The van der Waals surface area contributed by atoms with Crippen molar-refractivity contribution in [3.05, 3.63) is 0 Å². The van der Waals surface area contributed by atoms with Crippen molar-refractivity contribution in [3.63, 3.8) is 0 Å². The standard InChI is InChI=1S/C12H22O2.CH3I/c1-4-12(2,3)11(13)14-10-8-6-5-7-9-10;1-2/h10H,4-9H2,1-3H3;1H3. The lowest BCUT2D eigenvalue weighted by atomic mass is 9.90. The van der Waals surface area contributed by atoms with Gasteiger partial charge >= 0.3 is 5.97 Å². The number of hydrogen-bond acceptors (Lipinski definition) is 2. The smallest absolute Gasteiger partial charge is 0.311 e. The summed E-state index contributed by atoms with van der Waals surface area (Å²) >= 11 is 2.15. The van der Waals surface area contributed by atoms with Crippen LogP contribution in [0.15, 0.2) is 0 Å². The Morgan fingerprint density at radius 2 is 1.75 bits per heavy atom. The summed E-state index contributed by atoms with van der Waals surface area (Å²) in [5, 5.41) is 0. The van der Waals surface area contributed by atoms with Crippen molar-refractivity contribution in [2.24, 2.45) is 5.41 Å². The molecule has 0 atom stereocenters. The highest BCUT2D eigenvalue weighted by molar-refractivity contribution is 14.1. The molecule has 0 heterocycles. The monoisotopic (exact) mass is 340 g/mol. The fourth-order valence-electron chi connectivity index (χ4n) is 1.64. The Kier molecular flexibility index (Phi) is 8.42. The van der Waals surface area contributed by atoms with E-state index in [2.05, 4.69) is 22.6 Å². The third-order valence-electron chi connectivity index (χ3n) is 3.26. The van der Waals surface area contributed by atoms with Crippen LogP contribution in [0, 0.1) is 5.41 Å². The van der Waals surface area contributed by atoms with Gasteiger partial charge in [-0.3, -0.25) is 4.79 Å². The summed E-state index contributed by atoms with van der Waals surface area (Å²) in [6.45, 7) is 5.94. The lowest BCUT2D eigenvalue weighted by molar-refractivity contribution is -0.161. The molecule has 0 amide bonds. The molecule has 1 aliphatic carbocycles. The minimum absolute atomic E-state index is 0.0214. The third kappa shape index (κ3) is 5.51. The number of rotatable bonds is 3. The van der Waals surface area contributed by atoms with Gasteiger partial charge in [-0.25, -0.2) is 0 Å². The molecule has 0 bridgehead atoms. The zero-order chi connectivity index (χ0) is 12.6. The average molecular weight is 340 g/mol. The van der Waals surface area contributed by atoms with E-state index in [-0.39, 0.29) is 17.5 Å². The lowest BCUT2D eigenvalue weighted by Gasteiger charge is -2.27. The number of carbonyl (C=O) groups is 1. The van der Waals surface area contributed by atoms with Gasteiger partial charge in [-0.15, -0.1) is 0 Å². The van der Waals surface area contributed by atoms with E-state index in [1.165, 1.54) is 19.3 Å². The van der Waals surface area contributed by atoms with Crippen LogP contribution in [0.2, 0.25) is 0 Å². The van der Waals surface area contributed by atoms with Crippen LogP contribution in [0.4, 0.5) is 0 Å². The summed E-state index contributed by atoms with van der Waals surface area (Å²) in [5.74, 6) is -0.0214. The Labute approximate surface area is 114 Å². The molecule has 16 heavy (non-hydrogen) atoms. The highest BCUT2D eigenvalue weighted by atomic mass is 127. The van der Waals surface area contributed by atoms with E-state index in [0.29, 0.717) is 0 Å². The van der Waals surface area contributed by atoms with Gasteiger partial charge in [0.1, 0.15) is 6.10 Å². The maximum absolute atomic E-state index is 11.7. The summed E-state index contributed by atoms with van der Waals surface area (Å²) < 4.78 is 5.51. The molecular formula is C13H25IO2. The molecule has 1 rings (SSSR count). The lowest BCUT2D eigenvalue weighted by Crippen LogP contribution is -2.31. The normalized spacial score (nSPS) is 17.3. The number of halogens is 1. The Bertz CT molecular complexity index is 196. The zero-order valence-electron chi connectivity index (χ0n) is 11.0. The van der Waals surface area contributed by atoms with Gasteiger partial charge in [0.15, 0.2) is 0 Å². The van der Waals surface area contributed by atoms with Crippen LogP contribution >= 0.6 is 22.6 Å². The second-order valence-electron chi connectivity index (χ2n) is 4.90. The molecule has 0 N–H and O–H groups in total. The first kappa shape index (κ1) is 16.2. The summed E-state index contributed by atoms with van der Waals surface area (Å²) in [5.41, 5.74) is -0.308. The van der Waals surface area contributed by atoms with Crippen molar-refractivity contribution < 1.29 is 9.53 Å². The SMILES string of the molecule is CCC(C)(C)C(=O)OC1CCCCC1.CI. The first-order valence-electron chi connectivity index (χ1n) is 6.15. The first-order chi connectivity index (χ1) is 7.56. The van der Waals surface area contributed by atoms with Crippen molar-refractivity contribution in [1.29, 1.82) is 0 Å². The van der Waals surface area contributed by atoms with Crippen LogP contribution in [0.25, 0.3) is 0 Å². The molecule has 1 fully saturated rings. The summed E-state index contributed by atoms with van der Waals surface area (Å²) in [4.78, 5) is 13.7. The molecule has 0 radical (unpaired) electrons. The number of esters is 1. The number of ether oxygens (including phenoxy) is 1. The van der Waals surface area contributed by atoms with Gasteiger partial charge in [-0.2, -0.15) is 0 Å². The van der Waals surface area contributed by atoms with Crippen molar-refractivity contribution in [3.8, 4) is 0 Å². The molecule has 0 aromatic rings. The van der Waals surface area contributed by atoms with Crippen LogP contribution in [-0.4, -0.2) is 17.0 Å². The molecular weight excluding hydrogens is 315 g/mol. The maximum Gasteiger partial charge on any atom is 0.311 e. The second-order valence-corrected chi connectivity index (χ2v) is 4.90. The van der Waals surface area contributed by atoms with Crippen molar-refractivity contribution in [1.82, 2.24) is 0 Å². The topological polar surface area (TPSA) is 26.3 Å². The van der Waals surface area contributed by atoms with Gasteiger partial charge in [-0.05, 0) is 50.9 Å². The Morgan fingerprint density at radius 1 is 1.25 bits per heavy atom. The molecule has 1 aliphatic rings. The number of carbonyl (C=O) groups excluding carboxylic acids is 1. The third-order valence-corrected chi connectivity index (χ3v) is 3.26. The molecule has 96 valence electrons. The Morgan fingerprint density at radius 3 is 2.19 bits per heavy atom. The van der Waals surface area contributed by atoms with E-state index in [0.717, 1.165) is 19.3 Å². The fourth-order valence-corrected chi connectivity index (χ4v) is 1.64. The quantitative estimate of drug-likeness (QED) is 0.434. The van der Waals surface area contributed by atoms with Gasteiger partial charge in [0, 0.05) is 0 Å². The van der Waals surface area contributed by atoms with E-state index >= 15 is 0 Å². The Balaban J connectivity index is 0.00000106. The highest BCUT2D eigenvalue weighted by Gasteiger charge is 2.29. The molecule has 0 aromatic heterocycles.